The number of nitro groups is 1. The number of halogens is 3. The van der Waals surface area contributed by atoms with Crippen molar-refractivity contribution in [1.29, 1.82) is 0 Å². The Labute approximate surface area is 116 Å². The average Bonchev–Trinajstić information content (AvgIpc) is 2.40. The van der Waals surface area contributed by atoms with Gasteiger partial charge in [0.2, 0.25) is 5.82 Å². The molecule has 0 bridgehead atoms. The molecule has 2 aromatic rings. The van der Waals surface area contributed by atoms with Crippen molar-refractivity contribution in [3.63, 3.8) is 0 Å². The highest BCUT2D eigenvalue weighted by Crippen LogP contribution is 2.32. The number of rotatable bonds is 3. The van der Waals surface area contributed by atoms with Gasteiger partial charge in [-0.15, -0.1) is 0 Å². The van der Waals surface area contributed by atoms with Crippen LogP contribution in [0.3, 0.4) is 0 Å². The molecular weight excluding hydrogens is 289 g/mol. The monoisotopic (exact) mass is 298 g/mol. The smallest absolute Gasteiger partial charge is 0.333 e. The lowest BCUT2D eigenvalue weighted by Crippen LogP contribution is -2.10. The molecule has 0 atom stereocenters. The van der Waals surface area contributed by atoms with Crippen LogP contribution in [0.2, 0.25) is 0 Å². The first-order valence-electron chi connectivity index (χ1n) is 5.69. The Bertz CT molecular complexity index is 671. The van der Waals surface area contributed by atoms with Crippen molar-refractivity contribution >= 4 is 17.2 Å². The van der Waals surface area contributed by atoms with Crippen molar-refractivity contribution < 1.29 is 18.1 Å². The Morgan fingerprint density at radius 2 is 1.95 bits per heavy atom. The third-order valence-corrected chi connectivity index (χ3v) is 2.54. The summed E-state index contributed by atoms with van der Waals surface area (Å²) in [6, 6.07) is 4.48. The van der Waals surface area contributed by atoms with Gasteiger partial charge in [0.05, 0.1) is 16.8 Å². The molecule has 110 valence electrons. The SMILES string of the molecule is Cc1ccc(Nc2nc(C(F)(F)F)ccc2[N+](=O)[O-])cn1. The highest BCUT2D eigenvalue weighted by Gasteiger charge is 2.34. The summed E-state index contributed by atoms with van der Waals surface area (Å²) in [5.74, 6) is -0.486. The molecule has 0 aliphatic rings. The maximum absolute atomic E-state index is 12.6. The lowest BCUT2D eigenvalue weighted by molar-refractivity contribution is -0.384. The minimum atomic E-state index is -4.68. The van der Waals surface area contributed by atoms with Gasteiger partial charge < -0.3 is 5.32 Å². The Hall–Kier alpha value is -2.71. The van der Waals surface area contributed by atoms with Crippen LogP contribution in [0.4, 0.5) is 30.4 Å². The molecule has 0 saturated carbocycles. The van der Waals surface area contributed by atoms with Crippen molar-refractivity contribution in [2.24, 2.45) is 0 Å². The maximum atomic E-state index is 12.6. The molecular formula is C12H9F3N4O2. The molecule has 9 heteroatoms. The Morgan fingerprint density at radius 3 is 2.48 bits per heavy atom. The summed E-state index contributed by atoms with van der Waals surface area (Å²) < 4.78 is 37.9. The minimum Gasteiger partial charge on any atom is -0.333 e. The van der Waals surface area contributed by atoms with Crippen LogP contribution in [0, 0.1) is 17.0 Å². The highest BCUT2D eigenvalue weighted by molar-refractivity contribution is 5.65. The van der Waals surface area contributed by atoms with Gasteiger partial charge in [0.15, 0.2) is 0 Å². The number of pyridine rings is 2. The molecule has 0 radical (unpaired) electrons. The number of hydrogen-bond acceptors (Lipinski definition) is 5. The van der Waals surface area contributed by atoms with E-state index in [9.17, 15) is 23.3 Å². The van der Waals surface area contributed by atoms with Crippen molar-refractivity contribution in [1.82, 2.24) is 9.97 Å². The Balaban J connectivity index is 2.43. The van der Waals surface area contributed by atoms with E-state index in [1.807, 2.05) is 0 Å². The van der Waals surface area contributed by atoms with Gasteiger partial charge in [0.1, 0.15) is 5.69 Å². The average molecular weight is 298 g/mol. The van der Waals surface area contributed by atoms with Gasteiger partial charge in [-0.05, 0) is 25.1 Å². The number of nitrogens with zero attached hydrogens (tertiary/aromatic N) is 3. The van der Waals surface area contributed by atoms with Crippen molar-refractivity contribution in [3.05, 3.63) is 52.0 Å². The van der Waals surface area contributed by atoms with Crippen molar-refractivity contribution in [2.45, 2.75) is 13.1 Å². The van der Waals surface area contributed by atoms with E-state index in [-0.39, 0.29) is 0 Å². The predicted molar refractivity (Wildman–Crippen MR) is 68.2 cm³/mol. The van der Waals surface area contributed by atoms with Crippen molar-refractivity contribution in [3.8, 4) is 0 Å². The zero-order valence-electron chi connectivity index (χ0n) is 10.7. The van der Waals surface area contributed by atoms with Gasteiger partial charge >= 0.3 is 11.9 Å². The van der Waals surface area contributed by atoms with E-state index in [4.69, 9.17) is 0 Å². The van der Waals surface area contributed by atoms with E-state index in [2.05, 4.69) is 15.3 Å². The molecule has 0 amide bonds. The van der Waals surface area contributed by atoms with Crippen LogP contribution >= 0.6 is 0 Å². The summed E-state index contributed by atoms with van der Waals surface area (Å²) in [7, 11) is 0. The van der Waals surface area contributed by atoms with E-state index < -0.39 is 28.3 Å². The van der Waals surface area contributed by atoms with E-state index in [0.29, 0.717) is 17.4 Å². The molecule has 6 nitrogen and oxygen atoms in total. The van der Waals surface area contributed by atoms with E-state index >= 15 is 0 Å². The molecule has 0 aromatic carbocycles. The van der Waals surface area contributed by atoms with E-state index in [1.165, 1.54) is 12.3 Å². The summed E-state index contributed by atoms with van der Waals surface area (Å²) in [4.78, 5) is 17.3. The van der Waals surface area contributed by atoms with Crippen LogP contribution < -0.4 is 5.32 Å². The Morgan fingerprint density at radius 1 is 1.24 bits per heavy atom. The molecule has 2 heterocycles. The van der Waals surface area contributed by atoms with Gasteiger partial charge in [-0.25, -0.2) is 4.98 Å². The third-order valence-electron chi connectivity index (χ3n) is 2.54. The molecule has 1 N–H and O–H groups in total. The van der Waals surface area contributed by atoms with Gasteiger partial charge in [0, 0.05) is 11.8 Å². The molecule has 21 heavy (non-hydrogen) atoms. The number of anilines is 2. The number of hydrogen-bond donors (Lipinski definition) is 1. The summed E-state index contributed by atoms with van der Waals surface area (Å²) in [5.41, 5.74) is -0.762. The quantitative estimate of drug-likeness (QED) is 0.693. The molecule has 0 saturated heterocycles. The predicted octanol–water partition coefficient (Wildman–Crippen LogP) is 3.46. The number of nitrogens with one attached hydrogen (secondary N) is 1. The fourth-order valence-corrected chi connectivity index (χ4v) is 1.53. The van der Waals surface area contributed by atoms with Crippen molar-refractivity contribution in [2.75, 3.05) is 5.32 Å². The number of alkyl halides is 3. The third kappa shape index (κ3) is 3.44. The number of aromatic nitrogens is 2. The second-order valence-corrected chi connectivity index (χ2v) is 4.13. The standard InChI is InChI=1S/C12H9F3N4O2/c1-7-2-3-8(6-16-7)17-11-9(19(20)21)4-5-10(18-11)12(13,14)15/h2-6H,1H3,(H,17,18). The molecule has 2 aromatic heterocycles. The highest BCUT2D eigenvalue weighted by atomic mass is 19.4. The Kier molecular flexibility index (Phi) is 3.74. The second kappa shape index (κ2) is 5.35. The first-order valence-corrected chi connectivity index (χ1v) is 5.69. The number of aryl methyl sites for hydroxylation is 1. The molecule has 2 rings (SSSR count). The lowest BCUT2D eigenvalue weighted by atomic mass is 10.3. The van der Waals surface area contributed by atoms with Crippen LogP contribution in [0.25, 0.3) is 0 Å². The molecule has 0 fully saturated rings. The normalized spacial score (nSPS) is 11.2. The van der Waals surface area contributed by atoms with E-state index in [1.54, 1.807) is 13.0 Å². The minimum absolute atomic E-state index is 0.301. The van der Waals surface area contributed by atoms with Crippen LogP contribution in [-0.2, 0) is 6.18 Å². The van der Waals surface area contributed by atoms with Gasteiger partial charge in [-0.1, -0.05) is 0 Å². The summed E-state index contributed by atoms with van der Waals surface area (Å²) >= 11 is 0. The summed E-state index contributed by atoms with van der Waals surface area (Å²) in [6.45, 7) is 1.73. The van der Waals surface area contributed by atoms with Crippen LogP contribution in [0.5, 0.6) is 0 Å². The molecule has 0 aliphatic carbocycles. The summed E-state index contributed by atoms with van der Waals surface area (Å²) in [6.07, 6.45) is -3.34. The first kappa shape index (κ1) is 14.7. The maximum Gasteiger partial charge on any atom is 0.433 e. The molecule has 0 unspecified atom stereocenters. The van der Waals surface area contributed by atoms with Crippen LogP contribution in [0.15, 0.2) is 30.5 Å². The topological polar surface area (TPSA) is 81.0 Å². The fourth-order valence-electron chi connectivity index (χ4n) is 1.53. The van der Waals surface area contributed by atoms with Gasteiger partial charge in [0.25, 0.3) is 0 Å². The van der Waals surface area contributed by atoms with Gasteiger partial charge in [-0.2, -0.15) is 13.2 Å². The zero-order valence-corrected chi connectivity index (χ0v) is 10.7. The zero-order chi connectivity index (χ0) is 15.6. The van der Waals surface area contributed by atoms with Gasteiger partial charge in [-0.3, -0.25) is 15.1 Å². The molecule has 0 spiro atoms. The fraction of sp³-hybridized carbons (Fsp3) is 0.167. The van der Waals surface area contributed by atoms with E-state index in [0.717, 1.165) is 6.07 Å². The van der Waals surface area contributed by atoms with Crippen LogP contribution in [-0.4, -0.2) is 14.9 Å². The summed E-state index contributed by atoms with van der Waals surface area (Å²) in [5, 5.41) is 13.3. The second-order valence-electron chi connectivity index (χ2n) is 4.13. The first-order chi connectivity index (χ1) is 9.77. The lowest BCUT2D eigenvalue weighted by Gasteiger charge is -2.10. The molecule has 0 aliphatic heterocycles. The van der Waals surface area contributed by atoms with Crippen LogP contribution in [0.1, 0.15) is 11.4 Å². The largest absolute Gasteiger partial charge is 0.433 e.